The molecule has 0 aromatic heterocycles. The Labute approximate surface area is 114 Å². The normalized spacial score (nSPS) is 11.4. The lowest BCUT2D eigenvalue weighted by Gasteiger charge is -2.09. The van der Waals surface area contributed by atoms with Crippen molar-refractivity contribution in [1.82, 2.24) is 0 Å². The second-order valence-electron chi connectivity index (χ2n) is 4.01. The Kier molecular flexibility index (Phi) is 4.14. The van der Waals surface area contributed by atoms with Crippen LogP contribution in [0.15, 0.2) is 47.6 Å². The van der Waals surface area contributed by atoms with E-state index in [0.29, 0.717) is 5.75 Å². The predicted molar refractivity (Wildman–Crippen MR) is 69.6 cm³/mol. The largest absolute Gasteiger partial charge is 0.489 e. The average molecular weight is 278 g/mol. The lowest BCUT2D eigenvalue weighted by molar-refractivity contribution is 0.298. The highest BCUT2D eigenvalue weighted by Crippen LogP contribution is 2.17. The molecule has 0 radical (unpaired) electrons. The first-order valence-electron chi connectivity index (χ1n) is 5.75. The molecular weight excluding hydrogens is 266 g/mol. The van der Waals surface area contributed by atoms with Gasteiger partial charge in [0.05, 0.1) is 5.56 Å². The lowest BCUT2D eigenvalue weighted by atomic mass is 10.1. The van der Waals surface area contributed by atoms with Crippen molar-refractivity contribution in [1.29, 1.82) is 0 Å². The van der Waals surface area contributed by atoms with Crippen LogP contribution in [0.5, 0.6) is 5.75 Å². The fourth-order valence-corrected chi connectivity index (χ4v) is 1.66. The van der Waals surface area contributed by atoms with E-state index >= 15 is 0 Å². The van der Waals surface area contributed by atoms with Crippen molar-refractivity contribution in [2.45, 2.75) is 6.61 Å². The molecule has 0 fully saturated rings. The third kappa shape index (κ3) is 3.03. The van der Waals surface area contributed by atoms with E-state index in [1.54, 1.807) is 12.1 Å². The van der Waals surface area contributed by atoms with Crippen LogP contribution in [0.2, 0.25) is 0 Å². The molecule has 20 heavy (non-hydrogen) atoms. The van der Waals surface area contributed by atoms with Crippen LogP contribution in [0.3, 0.4) is 0 Å². The van der Waals surface area contributed by atoms with Crippen LogP contribution in [0.1, 0.15) is 11.1 Å². The van der Waals surface area contributed by atoms with Gasteiger partial charge < -0.3 is 15.7 Å². The van der Waals surface area contributed by atoms with Crippen LogP contribution in [-0.4, -0.2) is 11.0 Å². The summed E-state index contributed by atoms with van der Waals surface area (Å²) >= 11 is 0. The Morgan fingerprint density at radius 2 is 1.95 bits per heavy atom. The summed E-state index contributed by atoms with van der Waals surface area (Å²) in [5.41, 5.74) is 5.56. The molecule has 0 atom stereocenters. The first kappa shape index (κ1) is 13.8. The third-order valence-electron chi connectivity index (χ3n) is 2.65. The molecule has 0 saturated carbocycles. The molecule has 0 aliphatic carbocycles. The van der Waals surface area contributed by atoms with Crippen LogP contribution >= 0.6 is 0 Å². The fraction of sp³-hybridized carbons (Fsp3) is 0.0714. The number of hydrogen-bond donors (Lipinski definition) is 2. The molecule has 0 saturated heterocycles. The number of benzene rings is 2. The predicted octanol–water partition coefficient (Wildman–Crippen LogP) is 2.64. The summed E-state index contributed by atoms with van der Waals surface area (Å²) in [5.74, 6) is -1.11. The molecule has 0 spiro atoms. The summed E-state index contributed by atoms with van der Waals surface area (Å²) in [4.78, 5) is 0. The van der Waals surface area contributed by atoms with Gasteiger partial charge in [0.1, 0.15) is 24.0 Å². The summed E-state index contributed by atoms with van der Waals surface area (Å²) in [5, 5.41) is 11.3. The Morgan fingerprint density at radius 3 is 2.65 bits per heavy atom. The topological polar surface area (TPSA) is 67.8 Å². The molecule has 0 aliphatic rings. The maximum atomic E-state index is 14.1. The molecule has 4 nitrogen and oxygen atoms in total. The quantitative estimate of drug-likeness (QED) is 0.391. The van der Waals surface area contributed by atoms with Crippen molar-refractivity contribution in [3.63, 3.8) is 0 Å². The molecule has 0 amide bonds. The van der Waals surface area contributed by atoms with E-state index in [0.717, 1.165) is 0 Å². The summed E-state index contributed by atoms with van der Waals surface area (Å²) in [6, 6.07) is 9.99. The van der Waals surface area contributed by atoms with Gasteiger partial charge in [0, 0.05) is 11.6 Å². The van der Waals surface area contributed by atoms with Crippen molar-refractivity contribution in [3.05, 3.63) is 65.2 Å². The maximum absolute atomic E-state index is 14.1. The van der Waals surface area contributed by atoms with Crippen molar-refractivity contribution in [2.24, 2.45) is 10.9 Å². The minimum Gasteiger partial charge on any atom is -0.489 e. The first-order valence-corrected chi connectivity index (χ1v) is 5.75. The number of halogens is 2. The molecule has 0 aliphatic heterocycles. The zero-order valence-electron chi connectivity index (χ0n) is 10.4. The van der Waals surface area contributed by atoms with Crippen LogP contribution in [0.25, 0.3) is 0 Å². The molecule has 2 aromatic carbocycles. The molecule has 0 unspecified atom stereocenters. The summed E-state index contributed by atoms with van der Waals surface area (Å²) in [6.07, 6.45) is 0. The SMILES string of the molecule is N/C(=N/O)c1cccc(COc2cccc(F)c2)c1F. The standard InChI is InChI=1S/C14H12F2N2O2/c15-10-4-2-5-11(7-10)20-8-9-3-1-6-12(13(9)16)14(17)18-19/h1-7,19H,8H2,(H2,17,18). The van der Waals surface area contributed by atoms with E-state index in [-0.39, 0.29) is 23.6 Å². The Morgan fingerprint density at radius 1 is 1.20 bits per heavy atom. The van der Waals surface area contributed by atoms with Gasteiger partial charge >= 0.3 is 0 Å². The highest BCUT2D eigenvalue weighted by molar-refractivity contribution is 5.97. The van der Waals surface area contributed by atoms with E-state index < -0.39 is 11.6 Å². The molecule has 104 valence electrons. The molecule has 2 rings (SSSR count). The number of amidine groups is 1. The molecule has 2 aromatic rings. The number of hydrogen-bond acceptors (Lipinski definition) is 3. The van der Waals surface area contributed by atoms with Gasteiger partial charge in [-0.3, -0.25) is 0 Å². The van der Waals surface area contributed by atoms with Gasteiger partial charge in [0.15, 0.2) is 5.84 Å². The van der Waals surface area contributed by atoms with Gasteiger partial charge in [-0.15, -0.1) is 0 Å². The van der Waals surface area contributed by atoms with Crippen LogP contribution in [-0.2, 0) is 6.61 Å². The van der Waals surface area contributed by atoms with Gasteiger partial charge in [0.2, 0.25) is 0 Å². The van der Waals surface area contributed by atoms with E-state index in [4.69, 9.17) is 15.7 Å². The number of nitrogens with zero attached hydrogens (tertiary/aromatic N) is 1. The van der Waals surface area contributed by atoms with Gasteiger partial charge in [-0.1, -0.05) is 23.4 Å². The zero-order valence-corrected chi connectivity index (χ0v) is 10.4. The van der Waals surface area contributed by atoms with Gasteiger partial charge in [-0.05, 0) is 18.2 Å². The molecule has 0 bridgehead atoms. The van der Waals surface area contributed by atoms with E-state index in [2.05, 4.69) is 5.16 Å². The fourth-order valence-electron chi connectivity index (χ4n) is 1.66. The maximum Gasteiger partial charge on any atom is 0.173 e. The number of oxime groups is 1. The monoisotopic (exact) mass is 278 g/mol. The third-order valence-corrected chi connectivity index (χ3v) is 2.65. The second-order valence-corrected chi connectivity index (χ2v) is 4.01. The summed E-state index contributed by atoms with van der Waals surface area (Å²) in [6.45, 7) is -0.0954. The first-order chi connectivity index (χ1) is 9.61. The van der Waals surface area contributed by atoms with Crippen LogP contribution in [0, 0.1) is 11.6 Å². The Hall–Kier alpha value is -2.63. The highest BCUT2D eigenvalue weighted by Gasteiger charge is 2.12. The Balaban J connectivity index is 2.18. The number of nitrogens with two attached hydrogens (primary N) is 1. The van der Waals surface area contributed by atoms with Gasteiger partial charge in [-0.25, -0.2) is 8.78 Å². The van der Waals surface area contributed by atoms with Gasteiger partial charge in [0.25, 0.3) is 0 Å². The van der Waals surface area contributed by atoms with E-state index in [9.17, 15) is 8.78 Å². The van der Waals surface area contributed by atoms with Crippen LogP contribution in [0.4, 0.5) is 8.78 Å². The minimum absolute atomic E-state index is 0.0205. The molecule has 3 N–H and O–H groups in total. The Bertz CT molecular complexity index is 645. The van der Waals surface area contributed by atoms with Gasteiger partial charge in [-0.2, -0.15) is 0 Å². The summed E-state index contributed by atoms with van der Waals surface area (Å²) < 4.78 is 32.3. The summed E-state index contributed by atoms with van der Waals surface area (Å²) in [7, 11) is 0. The molecule has 6 heteroatoms. The van der Waals surface area contributed by atoms with Crippen LogP contribution < -0.4 is 10.5 Å². The zero-order chi connectivity index (χ0) is 14.5. The van der Waals surface area contributed by atoms with Crippen molar-refractivity contribution >= 4 is 5.84 Å². The number of rotatable bonds is 4. The molecular formula is C14H12F2N2O2. The smallest absolute Gasteiger partial charge is 0.173 e. The average Bonchev–Trinajstić information content (AvgIpc) is 2.45. The minimum atomic E-state index is -0.640. The highest BCUT2D eigenvalue weighted by atomic mass is 19.1. The second kappa shape index (κ2) is 6.01. The van der Waals surface area contributed by atoms with Crippen molar-refractivity contribution in [3.8, 4) is 5.75 Å². The number of ether oxygens (including phenoxy) is 1. The lowest BCUT2D eigenvalue weighted by Crippen LogP contribution is -2.16. The van der Waals surface area contributed by atoms with E-state index in [1.165, 1.54) is 30.3 Å². The van der Waals surface area contributed by atoms with Crippen molar-refractivity contribution < 1.29 is 18.7 Å². The molecule has 0 heterocycles. The van der Waals surface area contributed by atoms with E-state index in [1.807, 2.05) is 0 Å². The van der Waals surface area contributed by atoms with Crippen molar-refractivity contribution in [2.75, 3.05) is 0 Å².